The Kier molecular flexibility index (Phi) is 7.68. The van der Waals surface area contributed by atoms with Crippen LogP contribution in [0, 0.1) is 0 Å². The van der Waals surface area contributed by atoms with Gasteiger partial charge in [0, 0.05) is 13.8 Å². The van der Waals surface area contributed by atoms with Crippen LogP contribution in [0.1, 0.15) is 46.5 Å². The van der Waals surface area contributed by atoms with Gasteiger partial charge in [0.05, 0.1) is 12.7 Å². The van der Waals surface area contributed by atoms with Crippen molar-refractivity contribution in [3.63, 3.8) is 0 Å². The van der Waals surface area contributed by atoms with Gasteiger partial charge in [-0.1, -0.05) is 0 Å². The average molecular weight is 216 g/mol. The number of hydrogen-bond donors (Lipinski definition) is 0. The first-order chi connectivity index (χ1) is 7.02. The predicted molar refractivity (Wildman–Crippen MR) is 56.3 cm³/mol. The molecular formula is C11H20O4. The lowest BCUT2D eigenvalue weighted by Gasteiger charge is -2.10. The monoisotopic (exact) mass is 216 g/mol. The standard InChI is InChI=1S/C11H20O4/c1-9(15-11(3)13)7-5-4-6-8-14-10(2)12/h9H,4-8H2,1-3H3/t9-/m0/s1. The fourth-order valence-corrected chi connectivity index (χ4v) is 1.27. The van der Waals surface area contributed by atoms with E-state index in [9.17, 15) is 9.59 Å². The van der Waals surface area contributed by atoms with E-state index in [4.69, 9.17) is 9.47 Å². The summed E-state index contributed by atoms with van der Waals surface area (Å²) in [6, 6.07) is 0. The van der Waals surface area contributed by atoms with Gasteiger partial charge >= 0.3 is 11.9 Å². The number of carbonyl (C=O) groups is 2. The largest absolute Gasteiger partial charge is 0.466 e. The third-order valence-electron chi connectivity index (χ3n) is 1.93. The molecule has 0 bridgehead atoms. The van der Waals surface area contributed by atoms with E-state index in [-0.39, 0.29) is 18.0 Å². The number of carbonyl (C=O) groups excluding carboxylic acids is 2. The Balaban J connectivity index is 3.23. The molecule has 0 radical (unpaired) electrons. The normalized spacial score (nSPS) is 11.9. The maximum absolute atomic E-state index is 10.6. The van der Waals surface area contributed by atoms with E-state index in [1.165, 1.54) is 13.8 Å². The Bertz CT molecular complexity index is 201. The molecule has 4 nitrogen and oxygen atoms in total. The number of esters is 2. The molecule has 0 aromatic heterocycles. The third-order valence-corrected chi connectivity index (χ3v) is 1.93. The summed E-state index contributed by atoms with van der Waals surface area (Å²) in [7, 11) is 0. The van der Waals surface area contributed by atoms with Crippen LogP contribution in [0.3, 0.4) is 0 Å². The summed E-state index contributed by atoms with van der Waals surface area (Å²) < 4.78 is 9.76. The highest BCUT2D eigenvalue weighted by molar-refractivity contribution is 5.66. The fraction of sp³-hybridized carbons (Fsp3) is 0.818. The van der Waals surface area contributed by atoms with Gasteiger partial charge in [-0.05, 0) is 32.6 Å². The lowest BCUT2D eigenvalue weighted by molar-refractivity contribution is -0.146. The molecule has 88 valence electrons. The van der Waals surface area contributed by atoms with Gasteiger partial charge in [-0.25, -0.2) is 0 Å². The summed E-state index contributed by atoms with van der Waals surface area (Å²) in [6.45, 7) is 5.19. The quantitative estimate of drug-likeness (QED) is 0.483. The number of hydrogen-bond acceptors (Lipinski definition) is 4. The number of ether oxygens (including phenoxy) is 2. The minimum absolute atomic E-state index is 0.0174. The molecule has 0 unspecified atom stereocenters. The Labute approximate surface area is 90.9 Å². The van der Waals surface area contributed by atoms with Crippen LogP contribution in [0.2, 0.25) is 0 Å². The SMILES string of the molecule is CC(=O)OCCCCC[C@H](C)OC(C)=O. The van der Waals surface area contributed by atoms with Crippen molar-refractivity contribution in [2.24, 2.45) is 0 Å². The van der Waals surface area contributed by atoms with Crippen molar-refractivity contribution in [2.75, 3.05) is 6.61 Å². The van der Waals surface area contributed by atoms with E-state index < -0.39 is 0 Å². The second-order valence-corrected chi connectivity index (χ2v) is 3.61. The Morgan fingerprint density at radius 1 is 1.07 bits per heavy atom. The average Bonchev–Trinajstić information content (AvgIpc) is 2.09. The van der Waals surface area contributed by atoms with E-state index in [0.29, 0.717) is 6.61 Å². The van der Waals surface area contributed by atoms with Crippen LogP contribution in [0.15, 0.2) is 0 Å². The first kappa shape index (κ1) is 13.9. The zero-order valence-electron chi connectivity index (χ0n) is 9.75. The van der Waals surface area contributed by atoms with Crippen LogP contribution >= 0.6 is 0 Å². The lowest BCUT2D eigenvalue weighted by Crippen LogP contribution is -2.11. The molecule has 0 aliphatic carbocycles. The molecule has 0 rings (SSSR count). The third kappa shape index (κ3) is 10.9. The van der Waals surface area contributed by atoms with Gasteiger partial charge in [0.2, 0.25) is 0 Å². The number of unbranched alkanes of at least 4 members (excludes halogenated alkanes) is 2. The maximum Gasteiger partial charge on any atom is 0.302 e. The summed E-state index contributed by atoms with van der Waals surface area (Å²) in [5, 5.41) is 0. The Morgan fingerprint density at radius 2 is 1.73 bits per heavy atom. The first-order valence-electron chi connectivity index (χ1n) is 5.33. The minimum Gasteiger partial charge on any atom is -0.466 e. The fourth-order valence-electron chi connectivity index (χ4n) is 1.27. The molecule has 4 heteroatoms. The minimum atomic E-state index is -0.234. The molecule has 0 amide bonds. The van der Waals surface area contributed by atoms with Crippen molar-refractivity contribution < 1.29 is 19.1 Å². The van der Waals surface area contributed by atoms with Crippen LogP contribution in [0.4, 0.5) is 0 Å². The van der Waals surface area contributed by atoms with E-state index in [1.807, 2.05) is 6.92 Å². The van der Waals surface area contributed by atoms with E-state index in [1.54, 1.807) is 0 Å². The summed E-state index contributed by atoms with van der Waals surface area (Å²) in [5.74, 6) is -0.467. The summed E-state index contributed by atoms with van der Waals surface area (Å²) in [5.41, 5.74) is 0. The molecule has 15 heavy (non-hydrogen) atoms. The summed E-state index contributed by atoms with van der Waals surface area (Å²) >= 11 is 0. The second kappa shape index (κ2) is 8.26. The van der Waals surface area contributed by atoms with Crippen molar-refractivity contribution in [3.05, 3.63) is 0 Å². The summed E-state index contributed by atoms with van der Waals surface area (Å²) in [6.07, 6.45) is 3.68. The molecular weight excluding hydrogens is 196 g/mol. The Morgan fingerprint density at radius 3 is 2.27 bits per heavy atom. The Hall–Kier alpha value is -1.06. The van der Waals surface area contributed by atoms with Crippen molar-refractivity contribution in [1.82, 2.24) is 0 Å². The maximum atomic E-state index is 10.6. The molecule has 0 aliphatic heterocycles. The molecule has 0 N–H and O–H groups in total. The van der Waals surface area contributed by atoms with Crippen molar-refractivity contribution in [1.29, 1.82) is 0 Å². The lowest BCUT2D eigenvalue weighted by atomic mass is 10.1. The van der Waals surface area contributed by atoms with Crippen LogP contribution < -0.4 is 0 Å². The van der Waals surface area contributed by atoms with Crippen LogP contribution in [0.25, 0.3) is 0 Å². The van der Waals surface area contributed by atoms with Crippen LogP contribution in [-0.4, -0.2) is 24.6 Å². The van der Waals surface area contributed by atoms with Gasteiger partial charge in [0.1, 0.15) is 0 Å². The van der Waals surface area contributed by atoms with Gasteiger partial charge < -0.3 is 9.47 Å². The topological polar surface area (TPSA) is 52.6 Å². The molecule has 0 saturated heterocycles. The van der Waals surface area contributed by atoms with E-state index >= 15 is 0 Å². The van der Waals surface area contributed by atoms with Gasteiger partial charge in [-0.15, -0.1) is 0 Å². The first-order valence-corrected chi connectivity index (χ1v) is 5.33. The molecule has 0 fully saturated rings. The van der Waals surface area contributed by atoms with Crippen LogP contribution in [-0.2, 0) is 19.1 Å². The molecule has 0 aliphatic rings. The van der Waals surface area contributed by atoms with Crippen LogP contribution in [0.5, 0.6) is 0 Å². The summed E-state index contributed by atoms with van der Waals surface area (Å²) in [4.78, 5) is 21.0. The molecule has 0 saturated carbocycles. The van der Waals surface area contributed by atoms with E-state index in [0.717, 1.165) is 25.7 Å². The number of rotatable bonds is 7. The molecule has 0 spiro atoms. The highest BCUT2D eigenvalue weighted by atomic mass is 16.5. The van der Waals surface area contributed by atoms with E-state index in [2.05, 4.69) is 0 Å². The smallest absolute Gasteiger partial charge is 0.302 e. The zero-order chi connectivity index (χ0) is 11.7. The zero-order valence-corrected chi connectivity index (χ0v) is 9.75. The van der Waals surface area contributed by atoms with Gasteiger partial charge in [-0.2, -0.15) is 0 Å². The molecule has 1 atom stereocenters. The van der Waals surface area contributed by atoms with Crippen molar-refractivity contribution in [3.8, 4) is 0 Å². The van der Waals surface area contributed by atoms with Gasteiger partial charge in [-0.3, -0.25) is 9.59 Å². The van der Waals surface area contributed by atoms with Crippen molar-refractivity contribution >= 4 is 11.9 Å². The molecule has 0 aromatic carbocycles. The predicted octanol–water partition coefficient (Wildman–Crippen LogP) is 2.06. The molecule has 0 heterocycles. The van der Waals surface area contributed by atoms with Gasteiger partial charge in [0.25, 0.3) is 0 Å². The van der Waals surface area contributed by atoms with Crippen molar-refractivity contribution in [2.45, 2.75) is 52.6 Å². The molecule has 0 aromatic rings. The highest BCUT2D eigenvalue weighted by Gasteiger charge is 2.04. The van der Waals surface area contributed by atoms with Gasteiger partial charge in [0.15, 0.2) is 0 Å². The highest BCUT2D eigenvalue weighted by Crippen LogP contribution is 2.06. The second-order valence-electron chi connectivity index (χ2n) is 3.61.